The summed E-state index contributed by atoms with van der Waals surface area (Å²) in [6.45, 7) is 4.99. The number of carbonyl (C=O) groups is 2. The number of thiazole rings is 1. The minimum atomic E-state index is -0.235. The number of hydrogen-bond acceptors (Lipinski definition) is 5. The maximum Gasteiger partial charge on any atom is 0.230 e. The van der Waals surface area contributed by atoms with E-state index in [2.05, 4.69) is 34.8 Å². The molecule has 126 valence electrons. The van der Waals surface area contributed by atoms with Gasteiger partial charge in [0.1, 0.15) is 0 Å². The number of aromatic nitrogens is 1. The smallest absolute Gasteiger partial charge is 0.230 e. The highest BCUT2D eigenvalue weighted by Gasteiger charge is 2.30. The van der Waals surface area contributed by atoms with Gasteiger partial charge in [0.2, 0.25) is 11.8 Å². The molecule has 1 fully saturated rings. The van der Waals surface area contributed by atoms with Gasteiger partial charge in [0, 0.05) is 23.4 Å². The molecule has 0 saturated carbocycles. The number of imide groups is 1. The lowest BCUT2D eigenvalue weighted by molar-refractivity contribution is -0.125. The number of rotatable bonds is 6. The molecule has 0 radical (unpaired) electrons. The van der Waals surface area contributed by atoms with Crippen molar-refractivity contribution in [1.82, 2.24) is 10.3 Å². The van der Waals surface area contributed by atoms with E-state index in [0.717, 1.165) is 22.0 Å². The fraction of sp³-hybridized carbons (Fsp3) is 0.389. The van der Waals surface area contributed by atoms with Crippen LogP contribution in [0.1, 0.15) is 42.5 Å². The van der Waals surface area contributed by atoms with Crippen LogP contribution in [0.2, 0.25) is 0 Å². The Morgan fingerprint density at radius 3 is 2.62 bits per heavy atom. The maximum absolute atomic E-state index is 11.6. The van der Waals surface area contributed by atoms with Gasteiger partial charge in [0.15, 0.2) is 0 Å². The van der Waals surface area contributed by atoms with Crippen molar-refractivity contribution >= 4 is 28.8 Å². The molecule has 1 aliphatic rings. The monoisotopic (exact) mass is 343 g/mol. The van der Waals surface area contributed by atoms with E-state index >= 15 is 0 Å². The Bertz CT molecular complexity index is 737. The largest absolute Gasteiger partial charge is 0.379 e. The number of nitrogens with zero attached hydrogens (tertiary/aromatic N) is 1. The predicted molar refractivity (Wildman–Crippen MR) is 94.9 cm³/mol. The van der Waals surface area contributed by atoms with Gasteiger partial charge in [-0.25, -0.2) is 4.98 Å². The van der Waals surface area contributed by atoms with E-state index in [1.807, 2.05) is 24.3 Å². The molecule has 5 nitrogen and oxygen atoms in total. The van der Waals surface area contributed by atoms with Crippen molar-refractivity contribution in [2.45, 2.75) is 39.2 Å². The zero-order valence-electron chi connectivity index (χ0n) is 13.8. The molecule has 6 heteroatoms. The molecule has 3 rings (SSSR count). The normalized spacial score (nSPS) is 17.4. The SMILES string of the molecule is CC(C)c1nc(CNc2ccc(C[C@H]3CC(=O)NC3=O)cc2)cs1. The summed E-state index contributed by atoms with van der Waals surface area (Å²) < 4.78 is 0. The van der Waals surface area contributed by atoms with Crippen LogP contribution in [0.5, 0.6) is 0 Å². The van der Waals surface area contributed by atoms with Crippen LogP contribution in [0, 0.1) is 5.92 Å². The first-order valence-corrected chi connectivity index (χ1v) is 9.00. The highest BCUT2D eigenvalue weighted by Crippen LogP contribution is 2.21. The Morgan fingerprint density at radius 1 is 1.29 bits per heavy atom. The molecule has 0 bridgehead atoms. The van der Waals surface area contributed by atoms with Crippen LogP contribution >= 0.6 is 11.3 Å². The van der Waals surface area contributed by atoms with Crippen molar-refractivity contribution in [2.75, 3.05) is 5.32 Å². The summed E-state index contributed by atoms with van der Waals surface area (Å²) in [6.07, 6.45) is 0.891. The minimum absolute atomic E-state index is 0.160. The third-order valence-corrected chi connectivity index (χ3v) is 5.23. The molecular weight excluding hydrogens is 322 g/mol. The first-order chi connectivity index (χ1) is 11.5. The van der Waals surface area contributed by atoms with Gasteiger partial charge in [-0.2, -0.15) is 0 Å². The third-order valence-electron chi connectivity index (χ3n) is 4.04. The van der Waals surface area contributed by atoms with Crippen molar-refractivity contribution in [1.29, 1.82) is 0 Å². The second-order valence-electron chi connectivity index (χ2n) is 6.40. The lowest BCUT2D eigenvalue weighted by atomic mass is 9.98. The predicted octanol–water partition coefficient (Wildman–Crippen LogP) is 3.08. The highest BCUT2D eigenvalue weighted by molar-refractivity contribution is 7.09. The molecule has 1 aromatic heterocycles. The third kappa shape index (κ3) is 4.00. The van der Waals surface area contributed by atoms with Crippen LogP contribution in [-0.2, 0) is 22.6 Å². The fourth-order valence-corrected chi connectivity index (χ4v) is 3.51. The molecule has 1 atom stereocenters. The van der Waals surface area contributed by atoms with Crippen molar-refractivity contribution in [2.24, 2.45) is 5.92 Å². The molecular formula is C18H21N3O2S. The molecule has 2 aromatic rings. The number of amides is 2. The second-order valence-corrected chi connectivity index (χ2v) is 7.29. The Morgan fingerprint density at radius 2 is 2.04 bits per heavy atom. The lowest BCUT2D eigenvalue weighted by Gasteiger charge is -2.08. The first kappa shape index (κ1) is 16.6. The molecule has 0 spiro atoms. The van der Waals surface area contributed by atoms with E-state index < -0.39 is 0 Å². The summed E-state index contributed by atoms with van der Waals surface area (Å²) in [5.41, 5.74) is 3.13. The Hall–Kier alpha value is -2.21. The van der Waals surface area contributed by atoms with Gasteiger partial charge in [-0.1, -0.05) is 26.0 Å². The molecule has 1 aliphatic heterocycles. The average molecular weight is 343 g/mol. The van der Waals surface area contributed by atoms with Gasteiger partial charge in [0.25, 0.3) is 0 Å². The summed E-state index contributed by atoms with van der Waals surface area (Å²) in [6, 6.07) is 8.00. The number of carbonyl (C=O) groups excluding carboxylic acids is 2. The Kier molecular flexibility index (Phi) is 4.94. The maximum atomic E-state index is 11.6. The van der Waals surface area contributed by atoms with Crippen LogP contribution in [0.25, 0.3) is 0 Å². The molecule has 2 heterocycles. The van der Waals surface area contributed by atoms with Gasteiger partial charge in [-0.05, 0) is 24.1 Å². The van der Waals surface area contributed by atoms with E-state index in [1.165, 1.54) is 0 Å². The number of anilines is 1. The number of nitrogens with one attached hydrogen (secondary N) is 2. The van der Waals surface area contributed by atoms with E-state index in [4.69, 9.17) is 0 Å². The zero-order chi connectivity index (χ0) is 17.1. The highest BCUT2D eigenvalue weighted by atomic mass is 32.1. The number of benzene rings is 1. The quantitative estimate of drug-likeness (QED) is 0.791. The van der Waals surface area contributed by atoms with E-state index in [0.29, 0.717) is 25.3 Å². The average Bonchev–Trinajstić information content (AvgIpc) is 3.14. The lowest BCUT2D eigenvalue weighted by Crippen LogP contribution is -2.22. The summed E-state index contributed by atoms with van der Waals surface area (Å²) in [7, 11) is 0. The minimum Gasteiger partial charge on any atom is -0.379 e. The van der Waals surface area contributed by atoms with Gasteiger partial charge in [0.05, 0.1) is 23.2 Å². The topological polar surface area (TPSA) is 71.1 Å². The molecule has 0 unspecified atom stereocenters. The zero-order valence-corrected chi connectivity index (χ0v) is 14.7. The van der Waals surface area contributed by atoms with Crippen LogP contribution < -0.4 is 10.6 Å². The molecule has 1 saturated heterocycles. The molecule has 0 aliphatic carbocycles. The van der Waals surface area contributed by atoms with Gasteiger partial charge in [-0.15, -0.1) is 11.3 Å². The van der Waals surface area contributed by atoms with Crippen LogP contribution in [0.15, 0.2) is 29.6 Å². The molecule has 2 N–H and O–H groups in total. The van der Waals surface area contributed by atoms with Crippen molar-refractivity contribution < 1.29 is 9.59 Å². The number of hydrogen-bond donors (Lipinski definition) is 2. The van der Waals surface area contributed by atoms with Crippen LogP contribution in [0.3, 0.4) is 0 Å². The van der Waals surface area contributed by atoms with Crippen LogP contribution in [-0.4, -0.2) is 16.8 Å². The Labute approximate surface area is 145 Å². The van der Waals surface area contributed by atoms with E-state index in [1.54, 1.807) is 11.3 Å². The summed E-state index contributed by atoms with van der Waals surface area (Å²) in [5.74, 6) is -0.109. The first-order valence-electron chi connectivity index (χ1n) is 8.12. The van der Waals surface area contributed by atoms with E-state index in [-0.39, 0.29) is 17.7 Å². The summed E-state index contributed by atoms with van der Waals surface area (Å²) >= 11 is 1.70. The fourth-order valence-electron chi connectivity index (χ4n) is 2.68. The van der Waals surface area contributed by atoms with Crippen molar-refractivity contribution in [3.05, 3.63) is 45.9 Å². The molecule has 24 heavy (non-hydrogen) atoms. The standard InChI is InChI=1S/C18H21N3O2S/c1-11(2)18-20-15(10-24-18)9-19-14-5-3-12(4-6-14)7-13-8-16(22)21-17(13)23/h3-6,10-11,13,19H,7-9H2,1-2H3,(H,21,22,23)/t13-/m0/s1. The second kappa shape index (κ2) is 7.13. The molecule has 1 aromatic carbocycles. The molecule has 2 amide bonds. The summed E-state index contributed by atoms with van der Waals surface area (Å²) in [5, 5.41) is 8.96. The van der Waals surface area contributed by atoms with Crippen molar-refractivity contribution in [3.8, 4) is 0 Å². The van der Waals surface area contributed by atoms with Gasteiger partial charge in [-0.3, -0.25) is 14.9 Å². The Balaban J connectivity index is 1.54. The van der Waals surface area contributed by atoms with Crippen molar-refractivity contribution in [3.63, 3.8) is 0 Å². The van der Waals surface area contributed by atoms with Gasteiger partial charge >= 0.3 is 0 Å². The summed E-state index contributed by atoms with van der Waals surface area (Å²) in [4.78, 5) is 27.4. The van der Waals surface area contributed by atoms with Gasteiger partial charge < -0.3 is 5.32 Å². The van der Waals surface area contributed by atoms with Crippen LogP contribution in [0.4, 0.5) is 5.69 Å². The van der Waals surface area contributed by atoms with E-state index in [9.17, 15) is 9.59 Å².